The number of fused-ring (bicyclic) bond motifs is 1. The Morgan fingerprint density at radius 2 is 1.81 bits per heavy atom. The Bertz CT molecular complexity index is 1150. The van der Waals surface area contributed by atoms with Crippen molar-refractivity contribution in [2.75, 3.05) is 13.2 Å². The van der Waals surface area contributed by atoms with Crippen LogP contribution in [0.3, 0.4) is 0 Å². The lowest BCUT2D eigenvalue weighted by atomic mass is 10.1. The van der Waals surface area contributed by atoms with Crippen LogP contribution in [0.2, 0.25) is 0 Å². The molecular formula is C22H23F3N2O4. The Kier molecular flexibility index (Phi) is 6.42. The van der Waals surface area contributed by atoms with E-state index in [4.69, 9.17) is 9.47 Å². The predicted octanol–water partition coefficient (Wildman–Crippen LogP) is 4.07. The van der Waals surface area contributed by atoms with Gasteiger partial charge in [-0.2, -0.15) is 13.2 Å². The average molecular weight is 436 g/mol. The van der Waals surface area contributed by atoms with Crippen molar-refractivity contribution < 1.29 is 27.4 Å². The third kappa shape index (κ3) is 4.60. The molecule has 0 amide bonds. The number of ether oxygens (including phenoxy) is 2. The van der Waals surface area contributed by atoms with Crippen LogP contribution in [0.25, 0.3) is 10.9 Å². The number of nitrogens with zero attached hydrogens (tertiary/aromatic N) is 2. The van der Waals surface area contributed by atoms with Crippen LogP contribution in [0.1, 0.15) is 35.6 Å². The van der Waals surface area contributed by atoms with E-state index in [0.717, 1.165) is 5.56 Å². The van der Waals surface area contributed by atoms with Gasteiger partial charge in [0.2, 0.25) is 0 Å². The monoisotopic (exact) mass is 436 g/mol. The van der Waals surface area contributed by atoms with E-state index in [1.54, 1.807) is 13.0 Å². The van der Waals surface area contributed by atoms with Crippen molar-refractivity contribution in [2.24, 2.45) is 7.05 Å². The van der Waals surface area contributed by atoms with Crippen LogP contribution in [-0.4, -0.2) is 34.5 Å². The van der Waals surface area contributed by atoms with Crippen LogP contribution in [0.5, 0.6) is 5.75 Å². The molecule has 0 bridgehead atoms. The maximum Gasteiger partial charge on any atom is 0.422 e. The lowest BCUT2D eigenvalue weighted by Gasteiger charge is -2.14. The van der Waals surface area contributed by atoms with Gasteiger partial charge in [-0.1, -0.05) is 37.3 Å². The molecule has 0 aliphatic carbocycles. The number of aromatic nitrogens is 2. The van der Waals surface area contributed by atoms with Gasteiger partial charge < -0.3 is 18.6 Å². The molecule has 0 unspecified atom stereocenters. The minimum Gasteiger partial charge on any atom is -0.481 e. The standard InChI is InChI=1S/C22H23F3N2O4/c1-4-15-11-16-17(20(28)27(15)12-14-9-7-6-8-10-14)19(31-13-22(23,24)25)18(26(16)3)21(29)30-5-2/h6-11H,4-5,12-13H2,1-3H3. The second kappa shape index (κ2) is 8.87. The highest BCUT2D eigenvalue weighted by Gasteiger charge is 2.33. The van der Waals surface area contributed by atoms with Crippen LogP contribution < -0.4 is 10.3 Å². The van der Waals surface area contributed by atoms with E-state index in [1.807, 2.05) is 37.3 Å². The maximum absolute atomic E-state index is 13.4. The minimum atomic E-state index is -4.64. The molecule has 3 aromatic rings. The van der Waals surface area contributed by atoms with Crippen molar-refractivity contribution >= 4 is 16.9 Å². The van der Waals surface area contributed by atoms with Gasteiger partial charge in [0.15, 0.2) is 18.1 Å². The fourth-order valence-electron chi connectivity index (χ4n) is 3.51. The van der Waals surface area contributed by atoms with Gasteiger partial charge in [-0.3, -0.25) is 4.79 Å². The topological polar surface area (TPSA) is 62.5 Å². The molecule has 166 valence electrons. The van der Waals surface area contributed by atoms with Gasteiger partial charge in [-0.25, -0.2) is 4.79 Å². The SMILES string of the molecule is CCOC(=O)c1c(OCC(F)(F)F)c2c(=O)n(Cc3ccccc3)c(CC)cc2n1C. The molecule has 31 heavy (non-hydrogen) atoms. The van der Waals surface area contributed by atoms with Gasteiger partial charge in [-0.15, -0.1) is 0 Å². The molecule has 1 aromatic carbocycles. The first kappa shape index (κ1) is 22.5. The summed E-state index contributed by atoms with van der Waals surface area (Å²) in [7, 11) is 1.50. The van der Waals surface area contributed by atoms with Gasteiger partial charge in [0.1, 0.15) is 5.39 Å². The summed E-state index contributed by atoms with van der Waals surface area (Å²) in [5.74, 6) is -1.27. The first-order valence-corrected chi connectivity index (χ1v) is 9.83. The second-order valence-electron chi connectivity index (χ2n) is 6.99. The normalized spacial score (nSPS) is 11.7. The van der Waals surface area contributed by atoms with E-state index in [0.29, 0.717) is 17.6 Å². The highest BCUT2D eigenvalue weighted by Crippen LogP contribution is 2.33. The smallest absolute Gasteiger partial charge is 0.422 e. The number of hydrogen-bond acceptors (Lipinski definition) is 4. The average Bonchev–Trinajstić information content (AvgIpc) is 3.00. The largest absolute Gasteiger partial charge is 0.481 e. The molecule has 0 aliphatic heterocycles. The molecule has 0 fully saturated rings. The summed E-state index contributed by atoms with van der Waals surface area (Å²) in [6, 6.07) is 10.9. The molecule has 0 N–H and O–H groups in total. The molecule has 0 spiro atoms. The molecule has 2 aromatic heterocycles. The zero-order valence-electron chi connectivity index (χ0n) is 17.5. The zero-order chi connectivity index (χ0) is 22.8. The molecule has 0 radical (unpaired) electrons. The number of carbonyl (C=O) groups is 1. The Balaban J connectivity index is 2.27. The fraction of sp³-hybridized carbons (Fsp3) is 0.364. The quantitative estimate of drug-likeness (QED) is 0.524. The molecule has 3 rings (SSSR count). The molecule has 6 nitrogen and oxygen atoms in total. The minimum absolute atomic E-state index is 0.0253. The molecule has 0 aliphatic rings. The summed E-state index contributed by atoms with van der Waals surface area (Å²) in [6.45, 7) is 2.09. The Hall–Kier alpha value is -3.23. The Labute approximate surface area is 176 Å². The number of aryl methyl sites for hydroxylation is 2. The van der Waals surface area contributed by atoms with E-state index >= 15 is 0 Å². The Morgan fingerprint density at radius 1 is 1.13 bits per heavy atom. The second-order valence-corrected chi connectivity index (χ2v) is 6.99. The van der Waals surface area contributed by atoms with Crippen molar-refractivity contribution in [3.05, 3.63) is 63.7 Å². The summed E-state index contributed by atoms with van der Waals surface area (Å²) < 4.78 is 51.5. The van der Waals surface area contributed by atoms with Crippen LogP contribution in [-0.2, 0) is 24.8 Å². The van der Waals surface area contributed by atoms with Crippen molar-refractivity contribution in [1.29, 1.82) is 0 Å². The van der Waals surface area contributed by atoms with E-state index in [2.05, 4.69) is 0 Å². The predicted molar refractivity (Wildman–Crippen MR) is 110 cm³/mol. The molecule has 0 saturated carbocycles. The van der Waals surface area contributed by atoms with Gasteiger partial charge in [0, 0.05) is 12.7 Å². The number of alkyl halides is 3. The number of hydrogen-bond donors (Lipinski definition) is 0. The lowest BCUT2D eigenvalue weighted by molar-refractivity contribution is -0.153. The first-order valence-electron chi connectivity index (χ1n) is 9.83. The number of rotatable bonds is 7. The summed E-state index contributed by atoms with van der Waals surface area (Å²) in [5, 5.41) is -0.0806. The van der Waals surface area contributed by atoms with E-state index in [1.165, 1.54) is 16.2 Å². The summed E-state index contributed by atoms with van der Waals surface area (Å²) in [4.78, 5) is 25.9. The summed E-state index contributed by atoms with van der Waals surface area (Å²) in [5.41, 5.74) is 1.10. The summed E-state index contributed by atoms with van der Waals surface area (Å²) in [6.07, 6.45) is -4.13. The van der Waals surface area contributed by atoms with Crippen molar-refractivity contribution in [1.82, 2.24) is 9.13 Å². The van der Waals surface area contributed by atoms with E-state index in [-0.39, 0.29) is 24.2 Å². The van der Waals surface area contributed by atoms with Crippen molar-refractivity contribution in [3.8, 4) is 5.75 Å². The van der Waals surface area contributed by atoms with Crippen LogP contribution in [0.15, 0.2) is 41.2 Å². The summed E-state index contributed by atoms with van der Waals surface area (Å²) >= 11 is 0. The highest BCUT2D eigenvalue weighted by atomic mass is 19.4. The molecular weight excluding hydrogens is 413 g/mol. The van der Waals surface area contributed by atoms with Gasteiger partial charge in [0.25, 0.3) is 5.56 Å². The van der Waals surface area contributed by atoms with Gasteiger partial charge >= 0.3 is 12.1 Å². The number of halogens is 3. The van der Waals surface area contributed by atoms with Gasteiger partial charge in [0.05, 0.1) is 18.7 Å². The molecule has 0 saturated heterocycles. The Morgan fingerprint density at radius 3 is 2.39 bits per heavy atom. The van der Waals surface area contributed by atoms with Crippen LogP contribution >= 0.6 is 0 Å². The number of carbonyl (C=O) groups excluding carboxylic acids is 1. The van der Waals surface area contributed by atoms with Crippen LogP contribution in [0.4, 0.5) is 13.2 Å². The molecule has 2 heterocycles. The molecule has 0 atom stereocenters. The van der Waals surface area contributed by atoms with Crippen molar-refractivity contribution in [2.45, 2.75) is 33.0 Å². The van der Waals surface area contributed by atoms with Crippen molar-refractivity contribution in [3.63, 3.8) is 0 Å². The first-order chi connectivity index (χ1) is 14.7. The van der Waals surface area contributed by atoms with E-state index in [9.17, 15) is 22.8 Å². The van der Waals surface area contributed by atoms with E-state index < -0.39 is 30.1 Å². The highest BCUT2D eigenvalue weighted by molar-refractivity contribution is 6.01. The number of benzene rings is 1. The third-order valence-electron chi connectivity index (χ3n) is 4.90. The van der Waals surface area contributed by atoms with Gasteiger partial charge in [-0.05, 0) is 25.0 Å². The molecule has 9 heteroatoms. The zero-order valence-corrected chi connectivity index (χ0v) is 17.5. The maximum atomic E-state index is 13.4. The number of esters is 1. The number of pyridine rings is 1. The fourth-order valence-corrected chi connectivity index (χ4v) is 3.51. The third-order valence-corrected chi connectivity index (χ3v) is 4.90. The van der Waals surface area contributed by atoms with Crippen LogP contribution in [0, 0.1) is 0 Å². The lowest BCUT2D eigenvalue weighted by Crippen LogP contribution is -2.25.